The normalized spacial score (nSPS) is 17.5. The molecule has 0 aromatic heterocycles. The Morgan fingerprint density at radius 1 is 1.05 bits per heavy atom. The smallest absolute Gasteiger partial charge is 0.411 e. The molecule has 38 heavy (non-hydrogen) atoms. The summed E-state index contributed by atoms with van der Waals surface area (Å²) in [7, 11) is 1.56. The quantitative estimate of drug-likeness (QED) is 0.407. The minimum absolute atomic E-state index is 0.0600. The third kappa shape index (κ3) is 6.14. The van der Waals surface area contributed by atoms with E-state index in [-0.39, 0.29) is 24.4 Å². The van der Waals surface area contributed by atoms with Gasteiger partial charge >= 0.3 is 6.09 Å². The van der Waals surface area contributed by atoms with Crippen LogP contribution < -0.4 is 15.4 Å². The van der Waals surface area contributed by atoms with Crippen LogP contribution >= 0.6 is 0 Å². The van der Waals surface area contributed by atoms with Gasteiger partial charge in [-0.2, -0.15) is 0 Å². The molecule has 3 atom stereocenters. The molecule has 3 aromatic carbocycles. The first-order chi connectivity index (χ1) is 18.3. The van der Waals surface area contributed by atoms with Crippen LogP contribution in [-0.4, -0.2) is 42.0 Å². The monoisotopic (exact) mass is 515 g/mol. The van der Waals surface area contributed by atoms with Crippen molar-refractivity contribution in [3.63, 3.8) is 0 Å². The lowest BCUT2D eigenvalue weighted by Gasteiger charge is -2.26. The van der Waals surface area contributed by atoms with Gasteiger partial charge in [0.15, 0.2) is 12.1 Å². The van der Waals surface area contributed by atoms with Gasteiger partial charge in [0.25, 0.3) is 5.91 Å². The van der Waals surface area contributed by atoms with Gasteiger partial charge in [-0.05, 0) is 67.8 Å². The second-order valence-corrected chi connectivity index (χ2v) is 9.49. The van der Waals surface area contributed by atoms with E-state index in [0.29, 0.717) is 22.6 Å². The fourth-order valence-corrected chi connectivity index (χ4v) is 4.27. The molecular formula is C30H33N3O5. The molecule has 0 radical (unpaired) electrons. The van der Waals surface area contributed by atoms with Gasteiger partial charge in [-0.25, -0.2) is 4.79 Å². The fraction of sp³-hybridized carbons (Fsp3) is 0.300. The summed E-state index contributed by atoms with van der Waals surface area (Å²) in [4.78, 5) is 40.7. The van der Waals surface area contributed by atoms with Crippen molar-refractivity contribution in [2.45, 2.75) is 51.9 Å². The summed E-state index contributed by atoms with van der Waals surface area (Å²) in [6.45, 7) is 6.14. The number of hydrogen-bond donors (Lipinski definition) is 2. The molecule has 1 saturated heterocycles. The third-order valence-electron chi connectivity index (χ3n) is 6.65. The van der Waals surface area contributed by atoms with E-state index in [9.17, 15) is 14.4 Å². The van der Waals surface area contributed by atoms with Crippen molar-refractivity contribution in [1.82, 2.24) is 10.2 Å². The zero-order valence-electron chi connectivity index (χ0n) is 22.1. The number of nitrogens with zero attached hydrogens (tertiary/aromatic N) is 1. The summed E-state index contributed by atoms with van der Waals surface area (Å²) in [6.07, 6.45) is -0.648. The van der Waals surface area contributed by atoms with E-state index >= 15 is 0 Å². The molecule has 1 fully saturated rings. The van der Waals surface area contributed by atoms with Crippen LogP contribution in [-0.2, 0) is 16.1 Å². The Morgan fingerprint density at radius 3 is 2.42 bits per heavy atom. The number of ether oxygens (including phenoxy) is 2. The third-order valence-corrected chi connectivity index (χ3v) is 6.65. The molecule has 3 aromatic rings. The Hall–Kier alpha value is -4.33. The number of methoxy groups -OCH3 is 1. The van der Waals surface area contributed by atoms with Crippen LogP contribution in [0.3, 0.4) is 0 Å². The molecule has 198 valence electrons. The maximum Gasteiger partial charge on any atom is 0.411 e. The van der Waals surface area contributed by atoms with Crippen LogP contribution in [0, 0.1) is 6.92 Å². The lowest BCUT2D eigenvalue weighted by atomic mass is 9.99. The topological polar surface area (TPSA) is 97.0 Å². The number of anilines is 1. The number of carbonyl (C=O) groups excluding carboxylic acids is 3. The molecule has 1 heterocycles. The molecule has 1 aliphatic heterocycles. The second-order valence-electron chi connectivity index (χ2n) is 9.49. The molecule has 2 N–H and O–H groups in total. The molecule has 0 spiro atoms. The number of rotatable bonds is 9. The van der Waals surface area contributed by atoms with E-state index in [1.165, 1.54) is 4.90 Å². The number of amides is 3. The highest BCUT2D eigenvalue weighted by molar-refractivity contribution is 6.04. The molecule has 0 aliphatic carbocycles. The van der Waals surface area contributed by atoms with E-state index in [1.807, 2.05) is 45.0 Å². The minimum Gasteiger partial charge on any atom is -0.497 e. The predicted molar refractivity (Wildman–Crippen MR) is 145 cm³/mol. The van der Waals surface area contributed by atoms with Gasteiger partial charge in [0.1, 0.15) is 5.75 Å². The summed E-state index contributed by atoms with van der Waals surface area (Å²) in [5.74, 6) is 0.0822. The van der Waals surface area contributed by atoms with E-state index in [0.717, 1.165) is 17.5 Å². The molecule has 1 aliphatic rings. The van der Waals surface area contributed by atoms with Gasteiger partial charge in [-0.1, -0.05) is 48.9 Å². The number of nitrogens with one attached hydrogen (secondary N) is 2. The van der Waals surface area contributed by atoms with Crippen LogP contribution in [0.2, 0.25) is 0 Å². The number of hydrogen-bond acceptors (Lipinski definition) is 5. The van der Waals surface area contributed by atoms with E-state index in [2.05, 4.69) is 10.6 Å². The molecule has 8 nitrogen and oxygen atoms in total. The standard InChI is InChI=1S/C30H33N3O5/c1-5-20(3)31-29(35)26-27(38-30(36)33(26)18-21-11-9-19(2)10-12-21)23-7-6-8-24(17-23)32-28(34)22-13-15-25(37-4)16-14-22/h6-17,20,26-27H,5,18H2,1-4H3,(H,31,35)(H,32,34)/t20-,26+,27+/m0/s1. The Labute approximate surface area is 222 Å². The van der Waals surface area contributed by atoms with Crippen molar-refractivity contribution < 1.29 is 23.9 Å². The van der Waals surface area contributed by atoms with Crippen LogP contribution in [0.25, 0.3) is 0 Å². The SMILES string of the molecule is CC[C@H](C)NC(=O)[C@H]1[C@@H](c2cccc(NC(=O)c3ccc(OC)cc3)c2)OC(=O)N1Cc1ccc(C)cc1. The molecule has 4 rings (SSSR count). The predicted octanol–water partition coefficient (Wildman–Crippen LogP) is 5.23. The van der Waals surface area contributed by atoms with Gasteiger partial charge in [0.05, 0.1) is 13.7 Å². The minimum atomic E-state index is -0.870. The Kier molecular flexibility index (Phi) is 8.31. The number of benzene rings is 3. The zero-order valence-corrected chi connectivity index (χ0v) is 22.1. The maximum atomic E-state index is 13.4. The van der Waals surface area contributed by atoms with E-state index in [4.69, 9.17) is 9.47 Å². The van der Waals surface area contributed by atoms with Gasteiger partial charge in [0, 0.05) is 17.3 Å². The Morgan fingerprint density at radius 2 is 1.76 bits per heavy atom. The van der Waals surface area contributed by atoms with Crippen LogP contribution in [0.1, 0.15) is 53.4 Å². The van der Waals surface area contributed by atoms with Gasteiger partial charge < -0.3 is 20.1 Å². The van der Waals surface area contributed by atoms with E-state index in [1.54, 1.807) is 55.6 Å². The number of carbonyl (C=O) groups is 3. The lowest BCUT2D eigenvalue weighted by Crippen LogP contribution is -2.48. The van der Waals surface area contributed by atoms with Crippen LogP contribution in [0.4, 0.5) is 10.5 Å². The summed E-state index contributed by atoms with van der Waals surface area (Å²) in [5, 5.41) is 5.88. The molecular weight excluding hydrogens is 482 g/mol. The first kappa shape index (κ1) is 26.7. The Balaban J connectivity index is 1.59. The summed E-state index contributed by atoms with van der Waals surface area (Å²) >= 11 is 0. The summed E-state index contributed by atoms with van der Waals surface area (Å²) < 4.78 is 10.9. The van der Waals surface area contributed by atoms with E-state index < -0.39 is 18.2 Å². The summed E-state index contributed by atoms with van der Waals surface area (Å²) in [6, 6.07) is 20.7. The second kappa shape index (κ2) is 11.8. The molecule has 0 unspecified atom stereocenters. The van der Waals surface area contributed by atoms with Crippen molar-refractivity contribution in [3.8, 4) is 5.75 Å². The van der Waals surface area contributed by atoms with Crippen molar-refractivity contribution in [1.29, 1.82) is 0 Å². The lowest BCUT2D eigenvalue weighted by molar-refractivity contribution is -0.127. The van der Waals surface area contributed by atoms with Crippen LogP contribution in [0.15, 0.2) is 72.8 Å². The van der Waals surface area contributed by atoms with Crippen molar-refractivity contribution in [2.75, 3.05) is 12.4 Å². The highest BCUT2D eigenvalue weighted by Crippen LogP contribution is 2.35. The van der Waals surface area contributed by atoms with Gasteiger partial charge in [0.2, 0.25) is 5.91 Å². The van der Waals surface area contributed by atoms with Gasteiger partial charge in [-0.15, -0.1) is 0 Å². The molecule has 0 saturated carbocycles. The first-order valence-corrected chi connectivity index (χ1v) is 12.7. The van der Waals surface area contributed by atoms with Crippen molar-refractivity contribution >= 4 is 23.6 Å². The molecule has 3 amide bonds. The van der Waals surface area contributed by atoms with Crippen LogP contribution in [0.5, 0.6) is 5.75 Å². The average molecular weight is 516 g/mol. The van der Waals surface area contributed by atoms with Crippen molar-refractivity contribution in [2.24, 2.45) is 0 Å². The Bertz CT molecular complexity index is 1290. The first-order valence-electron chi connectivity index (χ1n) is 12.7. The number of cyclic esters (lactones) is 1. The fourth-order valence-electron chi connectivity index (χ4n) is 4.27. The van der Waals surface area contributed by atoms with Gasteiger partial charge in [-0.3, -0.25) is 14.5 Å². The average Bonchev–Trinajstić information content (AvgIpc) is 3.25. The molecule has 0 bridgehead atoms. The van der Waals surface area contributed by atoms with Crippen molar-refractivity contribution in [3.05, 3.63) is 95.1 Å². The highest BCUT2D eigenvalue weighted by atomic mass is 16.6. The zero-order chi connectivity index (χ0) is 27.2. The number of aryl methyl sites for hydroxylation is 1. The highest BCUT2D eigenvalue weighted by Gasteiger charge is 2.47. The summed E-state index contributed by atoms with van der Waals surface area (Å²) in [5.41, 5.74) is 3.61. The molecule has 8 heteroatoms. The largest absolute Gasteiger partial charge is 0.497 e. The maximum absolute atomic E-state index is 13.4.